The van der Waals surface area contributed by atoms with Gasteiger partial charge in [-0.25, -0.2) is 0 Å². The van der Waals surface area contributed by atoms with E-state index in [-0.39, 0.29) is 11.2 Å². The maximum Gasteiger partial charge on any atom is 0.319 e. The van der Waals surface area contributed by atoms with Crippen LogP contribution in [-0.4, -0.2) is 58.9 Å². The van der Waals surface area contributed by atoms with Gasteiger partial charge in [0.1, 0.15) is 5.25 Å². The van der Waals surface area contributed by atoms with Crippen LogP contribution >= 0.6 is 11.8 Å². The molecule has 1 atom stereocenters. The summed E-state index contributed by atoms with van der Waals surface area (Å²) in [7, 11) is 1.93. The minimum atomic E-state index is -0.231. The van der Waals surface area contributed by atoms with Crippen LogP contribution in [0.2, 0.25) is 0 Å². The highest BCUT2D eigenvalue weighted by molar-refractivity contribution is 8.00. The summed E-state index contributed by atoms with van der Waals surface area (Å²) in [6.45, 7) is 7.32. The Morgan fingerprint density at radius 2 is 2.09 bits per heavy atom. The number of nitrogens with zero attached hydrogens (tertiary/aromatic N) is 4. The standard InChI is InChI=1S/C14H24N4O3S/c1-4-6-11(12(19)21-5-2)22-14-16-15-13(17(14)3)18-7-9-20-10-8-18/h11H,4-10H2,1-3H3/t11-/m0/s1. The van der Waals surface area contributed by atoms with Gasteiger partial charge in [0.15, 0.2) is 5.16 Å². The monoisotopic (exact) mass is 328 g/mol. The van der Waals surface area contributed by atoms with Crippen LogP contribution in [0.1, 0.15) is 26.7 Å². The van der Waals surface area contributed by atoms with Gasteiger partial charge < -0.3 is 14.4 Å². The number of anilines is 1. The Hall–Kier alpha value is -1.28. The first-order chi connectivity index (χ1) is 10.7. The summed E-state index contributed by atoms with van der Waals surface area (Å²) in [6.07, 6.45) is 1.69. The molecule has 0 bridgehead atoms. The van der Waals surface area contributed by atoms with Crippen LogP contribution in [-0.2, 0) is 21.3 Å². The van der Waals surface area contributed by atoms with Crippen LogP contribution < -0.4 is 4.90 Å². The normalized spacial score (nSPS) is 16.6. The number of ether oxygens (including phenoxy) is 2. The van der Waals surface area contributed by atoms with E-state index in [9.17, 15) is 4.79 Å². The highest BCUT2D eigenvalue weighted by Crippen LogP contribution is 2.28. The number of thioether (sulfide) groups is 1. The van der Waals surface area contributed by atoms with Crippen molar-refractivity contribution in [3.8, 4) is 0 Å². The minimum absolute atomic E-state index is 0.176. The number of hydrogen-bond acceptors (Lipinski definition) is 7. The highest BCUT2D eigenvalue weighted by Gasteiger charge is 2.25. The molecular weight excluding hydrogens is 304 g/mol. The molecule has 1 aliphatic rings. The zero-order chi connectivity index (χ0) is 15.9. The first kappa shape index (κ1) is 17.1. The number of carbonyl (C=O) groups excluding carboxylic acids is 1. The van der Waals surface area contributed by atoms with Crippen molar-refractivity contribution in [3.63, 3.8) is 0 Å². The molecule has 2 heterocycles. The lowest BCUT2D eigenvalue weighted by Gasteiger charge is -2.27. The maximum atomic E-state index is 12.0. The van der Waals surface area contributed by atoms with Gasteiger partial charge in [-0.2, -0.15) is 0 Å². The Labute approximate surface area is 135 Å². The first-order valence-corrected chi connectivity index (χ1v) is 8.60. The van der Waals surface area contributed by atoms with Crippen LogP contribution in [0.4, 0.5) is 5.95 Å². The molecule has 124 valence electrons. The number of aromatic nitrogens is 3. The molecule has 1 aromatic rings. The van der Waals surface area contributed by atoms with Crippen molar-refractivity contribution >= 4 is 23.7 Å². The molecule has 0 spiro atoms. The van der Waals surface area contributed by atoms with Gasteiger partial charge in [-0.15, -0.1) is 10.2 Å². The van der Waals surface area contributed by atoms with Crippen molar-refractivity contribution in [2.75, 3.05) is 37.8 Å². The average Bonchev–Trinajstić information content (AvgIpc) is 2.89. The van der Waals surface area contributed by atoms with E-state index in [1.54, 1.807) is 0 Å². The molecule has 0 radical (unpaired) electrons. The summed E-state index contributed by atoms with van der Waals surface area (Å²) in [4.78, 5) is 14.2. The second-order valence-electron chi connectivity index (χ2n) is 5.09. The average molecular weight is 328 g/mol. The Morgan fingerprint density at radius 3 is 2.73 bits per heavy atom. The molecule has 22 heavy (non-hydrogen) atoms. The second-order valence-corrected chi connectivity index (χ2v) is 6.26. The molecule has 7 nitrogen and oxygen atoms in total. The molecule has 0 unspecified atom stereocenters. The SMILES string of the molecule is CCC[C@H](Sc1nnc(N2CCOCC2)n1C)C(=O)OCC. The molecule has 0 N–H and O–H groups in total. The van der Waals surface area contributed by atoms with E-state index in [2.05, 4.69) is 22.0 Å². The molecule has 2 rings (SSSR count). The van der Waals surface area contributed by atoms with Crippen molar-refractivity contribution in [1.29, 1.82) is 0 Å². The van der Waals surface area contributed by atoms with Crippen LogP contribution in [0.3, 0.4) is 0 Å². The zero-order valence-electron chi connectivity index (χ0n) is 13.4. The first-order valence-electron chi connectivity index (χ1n) is 7.72. The molecule has 8 heteroatoms. The molecule has 1 aromatic heterocycles. The summed E-state index contributed by atoms with van der Waals surface area (Å²) in [6, 6.07) is 0. The van der Waals surface area contributed by atoms with E-state index >= 15 is 0 Å². The number of carbonyl (C=O) groups is 1. The predicted molar refractivity (Wildman–Crippen MR) is 85.2 cm³/mol. The molecule has 1 fully saturated rings. The molecular formula is C14H24N4O3S. The van der Waals surface area contributed by atoms with Gasteiger partial charge in [0.25, 0.3) is 0 Å². The van der Waals surface area contributed by atoms with Crippen molar-refractivity contribution in [2.45, 2.75) is 37.1 Å². The van der Waals surface area contributed by atoms with Crippen molar-refractivity contribution in [1.82, 2.24) is 14.8 Å². The number of esters is 1. The molecule has 0 aliphatic carbocycles. The van der Waals surface area contributed by atoms with Crippen molar-refractivity contribution in [3.05, 3.63) is 0 Å². The third kappa shape index (κ3) is 4.13. The lowest BCUT2D eigenvalue weighted by molar-refractivity contribution is -0.142. The van der Waals surface area contributed by atoms with Crippen LogP contribution in [0.15, 0.2) is 5.16 Å². The quantitative estimate of drug-likeness (QED) is 0.554. The smallest absolute Gasteiger partial charge is 0.319 e. The Morgan fingerprint density at radius 1 is 1.36 bits per heavy atom. The van der Waals surface area contributed by atoms with Crippen molar-refractivity contribution < 1.29 is 14.3 Å². The molecule has 0 saturated carbocycles. The van der Waals surface area contributed by atoms with Gasteiger partial charge in [-0.3, -0.25) is 9.36 Å². The fourth-order valence-corrected chi connectivity index (χ4v) is 3.40. The summed E-state index contributed by atoms with van der Waals surface area (Å²) in [5.41, 5.74) is 0. The van der Waals surface area contributed by atoms with Gasteiger partial charge in [0, 0.05) is 20.1 Å². The second kappa shape index (κ2) is 8.38. The summed E-state index contributed by atoms with van der Waals surface area (Å²) in [5.74, 6) is 0.648. The fraction of sp³-hybridized carbons (Fsp3) is 0.786. The Kier molecular flexibility index (Phi) is 6.50. The zero-order valence-corrected chi connectivity index (χ0v) is 14.3. The van der Waals surface area contributed by atoms with Gasteiger partial charge in [-0.1, -0.05) is 25.1 Å². The largest absolute Gasteiger partial charge is 0.465 e. The van der Waals surface area contributed by atoms with E-state index in [1.165, 1.54) is 11.8 Å². The molecule has 1 saturated heterocycles. The van der Waals surface area contributed by atoms with E-state index in [4.69, 9.17) is 9.47 Å². The highest BCUT2D eigenvalue weighted by atomic mass is 32.2. The molecule has 1 aliphatic heterocycles. The van der Waals surface area contributed by atoms with Crippen LogP contribution in [0, 0.1) is 0 Å². The number of hydrogen-bond donors (Lipinski definition) is 0. The van der Waals surface area contributed by atoms with E-state index in [0.717, 1.165) is 37.0 Å². The Bertz CT molecular complexity index is 488. The number of rotatable bonds is 7. The van der Waals surface area contributed by atoms with Crippen molar-refractivity contribution in [2.24, 2.45) is 7.05 Å². The van der Waals surface area contributed by atoms with E-state index in [0.29, 0.717) is 19.8 Å². The van der Waals surface area contributed by atoms with Gasteiger partial charge >= 0.3 is 5.97 Å². The van der Waals surface area contributed by atoms with Gasteiger partial charge in [0.2, 0.25) is 5.95 Å². The lowest BCUT2D eigenvalue weighted by atomic mass is 10.2. The minimum Gasteiger partial charge on any atom is -0.465 e. The fourth-order valence-electron chi connectivity index (χ4n) is 2.30. The third-order valence-corrected chi connectivity index (χ3v) is 4.73. The van der Waals surface area contributed by atoms with Gasteiger partial charge in [-0.05, 0) is 13.3 Å². The van der Waals surface area contributed by atoms with E-state index in [1.807, 2.05) is 18.5 Å². The van der Waals surface area contributed by atoms with E-state index < -0.39 is 0 Å². The lowest BCUT2D eigenvalue weighted by Crippen LogP contribution is -2.37. The topological polar surface area (TPSA) is 69.5 Å². The summed E-state index contributed by atoms with van der Waals surface area (Å²) >= 11 is 1.43. The maximum absolute atomic E-state index is 12.0. The third-order valence-electron chi connectivity index (χ3n) is 3.45. The number of morpholine rings is 1. The summed E-state index contributed by atoms with van der Waals surface area (Å²) in [5, 5.41) is 9.02. The predicted octanol–water partition coefficient (Wildman–Crippen LogP) is 1.48. The van der Waals surface area contributed by atoms with Crippen LogP contribution in [0.5, 0.6) is 0 Å². The van der Waals surface area contributed by atoms with Gasteiger partial charge in [0.05, 0.1) is 19.8 Å². The Balaban J connectivity index is 2.07. The summed E-state index contributed by atoms with van der Waals surface area (Å²) < 4.78 is 12.4. The van der Waals surface area contributed by atoms with Crippen LogP contribution in [0.25, 0.3) is 0 Å². The molecule has 0 aromatic carbocycles. The molecule has 0 amide bonds.